The number of esters is 2. The van der Waals surface area contributed by atoms with Gasteiger partial charge in [-0.05, 0) is 44.5 Å². The van der Waals surface area contributed by atoms with Crippen LogP contribution in [0.1, 0.15) is 30.6 Å². The minimum Gasteiger partial charge on any atom is -0.468 e. The van der Waals surface area contributed by atoms with Crippen molar-refractivity contribution in [1.82, 2.24) is 4.31 Å². The van der Waals surface area contributed by atoms with Crippen molar-refractivity contribution in [3.8, 4) is 0 Å². The van der Waals surface area contributed by atoms with E-state index in [0.717, 1.165) is 4.31 Å². The fourth-order valence-electron chi connectivity index (χ4n) is 2.41. The molecule has 1 atom stereocenters. The molecule has 25 heavy (non-hydrogen) atoms. The maximum absolute atomic E-state index is 13.0. The van der Waals surface area contributed by atoms with Gasteiger partial charge < -0.3 is 9.47 Å². The number of nitrogens with zero attached hydrogens (tertiary/aromatic N) is 1. The van der Waals surface area contributed by atoms with Crippen LogP contribution in [0, 0.1) is 0 Å². The van der Waals surface area contributed by atoms with Gasteiger partial charge in [-0.25, -0.2) is 13.2 Å². The van der Waals surface area contributed by atoms with Gasteiger partial charge in [-0.1, -0.05) is 6.08 Å². The summed E-state index contributed by atoms with van der Waals surface area (Å²) in [7, 11) is -1.55. The van der Waals surface area contributed by atoms with Crippen LogP contribution >= 0.6 is 0 Å². The number of hydrogen-bond acceptors (Lipinski definition) is 6. The first-order valence-electron chi connectivity index (χ1n) is 7.61. The number of carbonyl (C=O) groups excluding carboxylic acids is 2. The summed E-state index contributed by atoms with van der Waals surface area (Å²) in [6, 6.07) is 3.82. The number of benzene rings is 1. The van der Waals surface area contributed by atoms with E-state index in [1.807, 2.05) is 0 Å². The number of rotatable bonds is 8. The third-order valence-corrected chi connectivity index (χ3v) is 5.63. The van der Waals surface area contributed by atoms with Crippen LogP contribution in [-0.2, 0) is 24.3 Å². The Balaban J connectivity index is 3.35. The number of methoxy groups -OCH3 is 2. The lowest BCUT2D eigenvalue weighted by Gasteiger charge is -2.31. The molecule has 0 fully saturated rings. The van der Waals surface area contributed by atoms with Gasteiger partial charge in [0.05, 0.1) is 24.7 Å². The van der Waals surface area contributed by atoms with Gasteiger partial charge >= 0.3 is 11.9 Å². The molecule has 1 aromatic rings. The number of sulfonamides is 1. The van der Waals surface area contributed by atoms with Crippen LogP contribution in [0.5, 0.6) is 0 Å². The van der Waals surface area contributed by atoms with Crippen LogP contribution < -0.4 is 0 Å². The minimum atomic E-state index is -3.99. The molecule has 0 heterocycles. The maximum atomic E-state index is 13.0. The Morgan fingerprint density at radius 2 is 1.72 bits per heavy atom. The lowest BCUT2D eigenvalue weighted by Crippen LogP contribution is -2.49. The topological polar surface area (TPSA) is 90.0 Å². The highest BCUT2D eigenvalue weighted by atomic mass is 32.2. The Labute approximate surface area is 148 Å². The normalized spacial score (nSPS) is 12.7. The molecule has 0 amide bonds. The predicted octanol–water partition coefficient (Wildman–Crippen LogP) is 1.99. The molecule has 0 aliphatic rings. The van der Waals surface area contributed by atoms with E-state index < -0.39 is 34.0 Å². The van der Waals surface area contributed by atoms with E-state index in [1.54, 1.807) is 13.8 Å². The SMILES string of the molecule is C=CC[C@@H](C(=O)OC)N(C(C)C)S(=O)(=O)c1ccc(C(=O)OC)cc1. The molecule has 0 spiro atoms. The number of ether oxygens (including phenoxy) is 2. The van der Waals surface area contributed by atoms with E-state index in [4.69, 9.17) is 4.74 Å². The molecular weight excluding hydrogens is 346 g/mol. The highest BCUT2D eigenvalue weighted by Crippen LogP contribution is 2.24. The van der Waals surface area contributed by atoms with Crippen molar-refractivity contribution in [2.75, 3.05) is 14.2 Å². The summed E-state index contributed by atoms with van der Waals surface area (Å²) in [5.74, 6) is -1.23. The van der Waals surface area contributed by atoms with Gasteiger partial charge in [-0.15, -0.1) is 6.58 Å². The number of carbonyl (C=O) groups is 2. The summed E-state index contributed by atoms with van der Waals surface area (Å²) < 4.78 is 36.5. The van der Waals surface area contributed by atoms with Crippen LogP contribution in [0.25, 0.3) is 0 Å². The molecular formula is C17H23NO6S. The van der Waals surface area contributed by atoms with Crippen LogP contribution in [0.15, 0.2) is 41.8 Å². The van der Waals surface area contributed by atoms with Gasteiger partial charge in [0.1, 0.15) is 6.04 Å². The molecule has 0 aromatic heterocycles. The molecule has 1 rings (SSSR count). The quantitative estimate of drug-likeness (QED) is 0.514. The van der Waals surface area contributed by atoms with Crippen LogP contribution in [0.2, 0.25) is 0 Å². The summed E-state index contributed by atoms with van der Waals surface area (Å²) in [6.45, 7) is 6.91. The van der Waals surface area contributed by atoms with Gasteiger partial charge in [0, 0.05) is 6.04 Å². The van der Waals surface area contributed by atoms with Crippen molar-refractivity contribution >= 4 is 22.0 Å². The second-order valence-electron chi connectivity index (χ2n) is 5.51. The Morgan fingerprint density at radius 3 is 2.12 bits per heavy atom. The molecule has 0 saturated heterocycles. The first-order valence-corrected chi connectivity index (χ1v) is 9.05. The van der Waals surface area contributed by atoms with Gasteiger partial charge in [0.15, 0.2) is 0 Å². The van der Waals surface area contributed by atoms with Gasteiger partial charge in [-0.3, -0.25) is 4.79 Å². The zero-order chi connectivity index (χ0) is 19.2. The molecule has 0 saturated carbocycles. The van der Waals surface area contributed by atoms with Crippen molar-refractivity contribution in [2.45, 2.75) is 37.2 Å². The van der Waals surface area contributed by atoms with E-state index in [0.29, 0.717) is 0 Å². The predicted molar refractivity (Wildman–Crippen MR) is 92.6 cm³/mol. The first-order chi connectivity index (χ1) is 11.7. The van der Waals surface area contributed by atoms with Crippen molar-refractivity contribution in [3.05, 3.63) is 42.5 Å². The summed E-state index contributed by atoms with van der Waals surface area (Å²) in [5.41, 5.74) is 0.230. The van der Waals surface area contributed by atoms with Crippen LogP contribution in [-0.4, -0.2) is 51.0 Å². The van der Waals surface area contributed by atoms with Gasteiger partial charge in [0.25, 0.3) is 0 Å². The maximum Gasteiger partial charge on any atom is 0.337 e. The summed E-state index contributed by atoms with van der Waals surface area (Å²) in [4.78, 5) is 23.5. The second kappa shape index (κ2) is 8.77. The van der Waals surface area contributed by atoms with Crippen LogP contribution in [0.4, 0.5) is 0 Å². The molecule has 0 radical (unpaired) electrons. The van der Waals surface area contributed by atoms with E-state index >= 15 is 0 Å². The van der Waals surface area contributed by atoms with Gasteiger partial charge in [-0.2, -0.15) is 4.31 Å². The summed E-state index contributed by atoms with van der Waals surface area (Å²) in [5, 5.41) is 0. The fourth-order valence-corrected chi connectivity index (χ4v) is 4.19. The highest BCUT2D eigenvalue weighted by molar-refractivity contribution is 7.89. The molecule has 8 heteroatoms. The molecule has 0 aliphatic carbocycles. The third-order valence-electron chi connectivity index (χ3n) is 3.53. The highest BCUT2D eigenvalue weighted by Gasteiger charge is 2.37. The molecule has 0 N–H and O–H groups in total. The van der Waals surface area contributed by atoms with Crippen molar-refractivity contribution < 1.29 is 27.5 Å². The zero-order valence-corrected chi connectivity index (χ0v) is 15.6. The molecule has 0 aliphatic heterocycles. The minimum absolute atomic E-state index is 0.0354. The van der Waals surface area contributed by atoms with E-state index in [1.165, 1.54) is 44.6 Å². The van der Waals surface area contributed by atoms with Crippen LogP contribution in [0.3, 0.4) is 0 Å². The monoisotopic (exact) mass is 369 g/mol. The average Bonchev–Trinajstić information content (AvgIpc) is 2.59. The summed E-state index contributed by atoms with van der Waals surface area (Å²) >= 11 is 0. The molecule has 0 unspecified atom stereocenters. The largest absolute Gasteiger partial charge is 0.468 e. The van der Waals surface area contributed by atoms with E-state index in [2.05, 4.69) is 11.3 Å². The molecule has 138 valence electrons. The second-order valence-corrected chi connectivity index (χ2v) is 7.35. The Kier molecular flexibility index (Phi) is 7.32. The molecule has 1 aromatic carbocycles. The standard InChI is InChI=1S/C17H23NO6S/c1-6-7-15(17(20)24-5)18(12(2)3)25(21,22)14-10-8-13(9-11-14)16(19)23-4/h6,8-12,15H,1,7H2,2-5H3/t15-/m0/s1. The number of hydrogen-bond donors (Lipinski definition) is 0. The fraction of sp³-hybridized carbons (Fsp3) is 0.412. The van der Waals surface area contributed by atoms with Crippen molar-refractivity contribution in [2.24, 2.45) is 0 Å². The lowest BCUT2D eigenvalue weighted by atomic mass is 10.2. The Morgan fingerprint density at radius 1 is 1.16 bits per heavy atom. The Hall–Kier alpha value is -2.19. The Bertz CT molecular complexity index is 724. The molecule has 0 bridgehead atoms. The smallest absolute Gasteiger partial charge is 0.337 e. The third kappa shape index (κ3) is 4.67. The first kappa shape index (κ1) is 20.9. The van der Waals surface area contributed by atoms with E-state index in [-0.39, 0.29) is 16.9 Å². The van der Waals surface area contributed by atoms with Crippen molar-refractivity contribution in [1.29, 1.82) is 0 Å². The average molecular weight is 369 g/mol. The van der Waals surface area contributed by atoms with E-state index in [9.17, 15) is 18.0 Å². The summed E-state index contributed by atoms with van der Waals surface area (Å²) in [6.07, 6.45) is 1.58. The van der Waals surface area contributed by atoms with Gasteiger partial charge in [0.2, 0.25) is 10.0 Å². The lowest BCUT2D eigenvalue weighted by molar-refractivity contribution is -0.145. The zero-order valence-electron chi connectivity index (χ0n) is 14.8. The van der Waals surface area contributed by atoms with Crippen molar-refractivity contribution in [3.63, 3.8) is 0 Å². The molecule has 7 nitrogen and oxygen atoms in total.